The zero-order valence-corrected chi connectivity index (χ0v) is 60.7. The molecule has 502 valence electrons. The second-order valence-electron chi connectivity index (χ2n) is 30.6. The Hall–Kier alpha value is -10.9. The maximum atomic E-state index is 2.58. The molecule has 22 rings (SSSR count). The van der Waals surface area contributed by atoms with Gasteiger partial charge in [-0.05, 0) is 332 Å². The van der Waals surface area contributed by atoms with Crippen molar-refractivity contribution in [3.05, 3.63) is 317 Å². The summed E-state index contributed by atoms with van der Waals surface area (Å²) in [6.07, 6.45) is 19.2. The average Bonchev–Trinajstić information content (AvgIpc) is 1.53. The summed E-state index contributed by atoms with van der Waals surface area (Å²) in [4.78, 5) is 0. The highest BCUT2D eigenvalue weighted by molar-refractivity contribution is 7.26. The Bertz CT molecular complexity index is 6290. The molecule has 0 bridgehead atoms. The third-order valence-electron chi connectivity index (χ3n) is 24.8. The first kappa shape index (κ1) is 61.5. The summed E-state index contributed by atoms with van der Waals surface area (Å²) in [7, 11) is 0. The van der Waals surface area contributed by atoms with Crippen LogP contribution in [0.1, 0.15) is 95.9 Å². The maximum Gasteiger partial charge on any atom is 0.0541 e. The van der Waals surface area contributed by atoms with Gasteiger partial charge in [0.15, 0.2) is 0 Å². The number of hydrogen-bond donors (Lipinski definition) is 0. The lowest BCUT2D eigenvalue weighted by molar-refractivity contribution is 0.687. The van der Waals surface area contributed by atoms with Gasteiger partial charge >= 0.3 is 0 Å². The minimum absolute atomic E-state index is 1.12. The van der Waals surface area contributed by atoms with Crippen LogP contribution in [0.4, 0.5) is 0 Å². The fourth-order valence-corrected chi connectivity index (χ4v) is 22.2. The summed E-state index contributed by atoms with van der Waals surface area (Å²) in [6.45, 7) is 0. The van der Waals surface area contributed by atoms with E-state index in [4.69, 9.17) is 0 Å². The molecule has 0 N–H and O–H groups in total. The van der Waals surface area contributed by atoms with Crippen LogP contribution in [0.25, 0.3) is 178 Å². The van der Waals surface area contributed by atoms with E-state index in [2.05, 4.69) is 278 Å². The van der Waals surface area contributed by atoms with Gasteiger partial charge in [-0.15, -0.1) is 22.7 Å². The van der Waals surface area contributed by atoms with Crippen LogP contribution in [0.15, 0.2) is 273 Å². The summed E-state index contributed by atoms with van der Waals surface area (Å²) in [6, 6.07) is 107. The van der Waals surface area contributed by atoms with E-state index < -0.39 is 0 Å². The van der Waals surface area contributed by atoms with Gasteiger partial charge in [0.1, 0.15) is 0 Å². The first-order chi connectivity index (χ1) is 52.0. The summed E-state index contributed by atoms with van der Waals surface area (Å²) < 4.78 is 7.95. The van der Waals surface area contributed by atoms with Crippen LogP contribution in [-0.4, -0.2) is 4.57 Å². The van der Waals surface area contributed by atoms with Crippen molar-refractivity contribution in [3.8, 4) is 94.7 Å². The molecule has 0 saturated heterocycles. The van der Waals surface area contributed by atoms with Crippen LogP contribution in [0, 0.1) is 0 Å². The van der Waals surface area contributed by atoms with Gasteiger partial charge in [0, 0.05) is 67.9 Å². The monoisotopic (exact) mass is 1380 g/mol. The van der Waals surface area contributed by atoms with Crippen molar-refractivity contribution < 1.29 is 0 Å². The van der Waals surface area contributed by atoms with Gasteiger partial charge in [0.25, 0.3) is 0 Å². The average molecular weight is 1380 g/mol. The molecular weight excluding hydrogens is 1300 g/mol. The van der Waals surface area contributed by atoms with E-state index in [0.29, 0.717) is 0 Å². The Labute approximate surface area is 621 Å². The molecule has 3 aromatic heterocycles. The number of thiophene rings is 2. The Morgan fingerprint density at radius 1 is 0.210 bits per heavy atom. The van der Waals surface area contributed by atoms with Crippen molar-refractivity contribution in [2.75, 3.05) is 0 Å². The van der Waals surface area contributed by atoms with Gasteiger partial charge in [-0.25, -0.2) is 0 Å². The first-order valence-electron chi connectivity index (χ1n) is 38.7. The maximum absolute atomic E-state index is 2.58. The van der Waals surface area contributed by atoms with Gasteiger partial charge in [-0.1, -0.05) is 188 Å². The molecule has 0 fully saturated rings. The second kappa shape index (κ2) is 24.9. The lowest BCUT2D eigenvalue weighted by Gasteiger charge is -2.20. The summed E-state index contributed by atoms with van der Waals surface area (Å²) in [5, 5.41) is 13.0. The number of aromatic nitrogens is 1. The van der Waals surface area contributed by atoms with Crippen molar-refractivity contribution in [1.29, 1.82) is 0 Å². The number of rotatable bonds is 9. The molecule has 0 atom stereocenters. The predicted molar refractivity (Wildman–Crippen MR) is 452 cm³/mol. The SMILES string of the molecule is c1ccc(-c2c3ccccc3c(-c3ccc(-n4c5ccc(-c6cc(-c7cccc8c7CCCC8)cc7c6sc6ccc(-c8cccc9c8CCCC9)cc67)cc5c5cc(-c6cc(-c7cccc8c7CCCC8)cc7c6sc6ccc(-c8cccc9c8CCCC9)cc67)ccc54)cc3)c3ccccc23)cc1. The fourth-order valence-electron chi connectivity index (χ4n) is 19.8. The molecule has 0 radical (unpaired) electrons. The molecule has 1 nitrogen and oxygen atoms in total. The minimum atomic E-state index is 1.12. The van der Waals surface area contributed by atoms with Crippen LogP contribution in [0.5, 0.6) is 0 Å². The number of benzene rings is 15. The van der Waals surface area contributed by atoms with Crippen molar-refractivity contribution >= 4 is 106 Å². The van der Waals surface area contributed by atoms with Gasteiger partial charge in [-0.3, -0.25) is 0 Å². The molecule has 0 amide bonds. The highest BCUT2D eigenvalue weighted by atomic mass is 32.1. The molecular formula is C102H77NS2. The summed E-state index contributed by atoms with van der Waals surface area (Å²) >= 11 is 3.94. The van der Waals surface area contributed by atoms with Crippen LogP contribution in [0.2, 0.25) is 0 Å². The lowest BCUT2D eigenvalue weighted by atomic mass is 9.84. The summed E-state index contributed by atoms with van der Waals surface area (Å²) in [5.74, 6) is 0. The molecule has 0 saturated carbocycles. The molecule has 3 heterocycles. The molecule has 0 aliphatic heterocycles. The van der Waals surface area contributed by atoms with Crippen molar-refractivity contribution in [2.45, 2.75) is 103 Å². The minimum Gasteiger partial charge on any atom is -0.309 e. The smallest absolute Gasteiger partial charge is 0.0541 e. The molecule has 3 heteroatoms. The van der Waals surface area contributed by atoms with Crippen LogP contribution in [0.3, 0.4) is 0 Å². The van der Waals surface area contributed by atoms with Crippen molar-refractivity contribution in [3.63, 3.8) is 0 Å². The molecule has 15 aromatic carbocycles. The van der Waals surface area contributed by atoms with E-state index in [9.17, 15) is 0 Å². The lowest BCUT2D eigenvalue weighted by Crippen LogP contribution is -2.04. The third kappa shape index (κ3) is 10.1. The zero-order valence-electron chi connectivity index (χ0n) is 59.1. The van der Waals surface area contributed by atoms with E-state index in [1.165, 1.54) is 270 Å². The molecule has 18 aromatic rings. The highest BCUT2D eigenvalue weighted by Gasteiger charge is 2.26. The van der Waals surface area contributed by atoms with Crippen molar-refractivity contribution in [2.24, 2.45) is 0 Å². The largest absolute Gasteiger partial charge is 0.309 e. The second-order valence-corrected chi connectivity index (χ2v) is 32.7. The standard InChI is InChI=1S/C102H77NS2/c1-2-24-66(25-3-1)99-83-34-12-14-36-85(83)100(86-37-15-13-35-84(86)99)67-42-48-74(49-43-67)103-95-50-44-70(87-58-72(81-40-18-28-64-22-6-10-32-77(64)81)60-93-91-56-68(46-52-97(91)104-101(87)93)79-38-16-26-62-20-4-8-30-75(62)79)54-89(95)90-55-71(45-51-96(90)103)88-59-73(82-41-19-29-65-23-7-11-33-78(65)82)61-94-92-57-69(47-53-98(92)105-102(88)94)80-39-17-27-63-21-5-9-31-76(63)80/h1-3,12-19,24-29,34-61H,4-11,20-23,30-33H2. The topological polar surface area (TPSA) is 4.93 Å². The number of nitrogens with zero attached hydrogens (tertiary/aromatic N) is 1. The fraction of sp³-hybridized carbons (Fsp3) is 0.157. The Balaban J connectivity index is 0.775. The highest BCUT2D eigenvalue weighted by Crippen LogP contribution is 2.51. The van der Waals surface area contributed by atoms with Gasteiger partial charge in [0.05, 0.1) is 11.0 Å². The predicted octanol–water partition coefficient (Wildman–Crippen LogP) is 28.7. The molecule has 0 unspecified atom stereocenters. The molecule has 105 heavy (non-hydrogen) atoms. The Kier molecular flexibility index (Phi) is 14.6. The number of hydrogen-bond acceptors (Lipinski definition) is 2. The van der Waals surface area contributed by atoms with Gasteiger partial charge in [-0.2, -0.15) is 0 Å². The van der Waals surface area contributed by atoms with Crippen LogP contribution in [-0.2, 0) is 51.4 Å². The van der Waals surface area contributed by atoms with E-state index in [1.807, 2.05) is 22.7 Å². The van der Waals surface area contributed by atoms with Gasteiger partial charge < -0.3 is 4.57 Å². The van der Waals surface area contributed by atoms with E-state index in [0.717, 1.165) is 44.2 Å². The number of fused-ring (bicyclic) bond motifs is 15. The normalized spacial score (nSPS) is 14.4. The Morgan fingerprint density at radius 2 is 0.533 bits per heavy atom. The van der Waals surface area contributed by atoms with Crippen LogP contribution < -0.4 is 0 Å². The van der Waals surface area contributed by atoms with E-state index >= 15 is 0 Å². The van der Waals surface area contributed by atoms with Crippen LogP contribution >= 0.6 is 22.7 Å². The third-order valence-corrected chi connectivity index (χ3v) is 27.2. The molecule has 0 spiro atoms. The first-order valence-corrected chi connectivity index (χ1v) is 40.3. The van der Waals surface area contributed by atoms with Crippen molar-refractivity contribution in [1.82, 2.24) is 4.57 Å². The molecule has 4 aliphatic carbocycles. The Morgan fingerprint density at radius 3 is 0.943 bits per heavy atom. The van der Waals surface area contributed by atoms with Gasteiger partial charge in [0.2, 0.25) is 0 Å². The van der Waals surface area contributed by atoms with E-state index in [1.54, 1.807) is 11.1 Å². The van der Waals surface area contributed by atoms with E-state index in [-0.39, 0.29) is 0 Å². The number of aryl methyl sites for hydroxylation is 4. The molecule has 4 aliphatic rings. The summed E-state index contributed by atoms with van der Waals surface area (Å²) in [5.41, 5.74) is 36.8. The quantitative estimate of drug-likeness (QED) is 0.127. The zero-order chi connectivity index (χ0) is 68.8.